The molecule has 0 fully saturated rings. The zero-order valence-corrected chi connectivity index (χ0v) is 12.6. The molecule has 1 heterocycles. The Morgan fingerprint density at radius 2 is 2.00 bits per heavy atom. The number of nitrogens with two attached hydrogens (primary N) is 1. The van der Waals surface area contributed by atoms with Crippen LogP contribution in [0.15, 0.2) is 22.7 Å². The normalized spacial score (nSPS) is 10.3. The molecule has 0 atom stereocenters. The average Bonchev–Trinajstić information content (AvgIpc) is 2.35. The standard InChI is InChI=1S/C13H15BrN4O/c1-7-12(15)16-8(2)17-13(7)18-9-4-5-11(19-3)10(14)6-9/h4-6H,1-3H3,(H3,15,16,17,18). The van der Waals surface area contributed by atoms with E-state index in [-0.39, 0.29) is 0 Å². The Bertz CT molecular complexity index is 616. The first kappa shape index (κ1) is 13.6. The van der Waals surface area contributed by atoms with E-state index in [4.69, 9.17) is 10.5 Å². The predicted octanol–water partition coefficient (Wildman–Crippen LogP) is 3.19. The summed E-state index contributed by atoms with van der Waals surface area (Å²) < 4.78 is 6.06. The second-order valence-electron chi connectivity index (χ2n) is 4.10. The lowest BCUT2D eigenvalue weighted by molar-refractivity contribution is 0.412. The molecule has 100 valence electrons. The number of nitrogen functional groups attached to an aromatic ring is 1. The van der Waals surface area contributed by atoms with Gasteiger partial charge in [-0.05, 0) is 48.0 Å². The van der Waals surface area contributed by atoms with Crippen LogP contribution in [0.25, 0.3) is 0 Å². The van der Waals surface area contributed by atoms with Gasteiger partial charge in [0, 0.05) is 11.3 Å². The third-order valence-electron chi connectivity index (χ3n) is 2.71. The molecule has 2 rings (SSSR count). The van der Waals surface area contributed by atoms with Gasteiger partial charge in [-0.25, -0.2) is 9.97 Å². The molecule has 1 aromatic heterocycles. The minimum atomic E-state index is 0.488. The maximum atomic E-state index is 5.83. The Morgan fingerprint density at radius 1 is 1.26 bits per heavy atom. The van der Waals surface area contributed by atoms with Crippen molar-refractivity contribution < 1.29 is 4.74 Å². The summed E-state index contributed by atoms with van der Waals surface area (Å²) in [5, 5.41) is 3.23. The summed E-state index contributed by atoms with van der Waals surface area (Å²) in [5.74, 6) is 2.61. The molecular formula is C13H15BrN4O. The minimum Gasteiger partial charge on any atom is -0.496 e. The van der Waals surface area contributed by atoms with Crippen LogP contribution in [0.4, 0.5) is 17.3 Å². The number of ether oxygens (including phenoxy) is 1. The Balaban J connectivity index is 2.33. The number of methoxy groups -OCH3 is 1. The molecule has 0 aliphatic rings. The molecule has 1 aromatic carbocycles. The molecule has 0 saturated heterocycles. The van der Waals surface area contributed by atoms with E-state index in [0.29, 0.717) is 17.5 Å². The quantitative estimate of drug-likeness (QED) is 0.907. The second-order valence-corrected chi connectivity index (χ2v) is 4.96. The predicted molar refractivity (Wildman–Crippen MR) is 79.9 cm³/mol. The number of aryl methyl sites for hydroxylation is 1. The lowest BCUT2D eigenvalue weighted by Gasteiger charge is -2.12. The fourth-order valence-electron chi connectivity index (χ4n) is 1.65. The number of aromatic nitrogens is 2. The van der Waals surface area contributed by atoms with Crippen LogP contribution >= 0.6 is 15.9 Å². The van der Waals surface area contributed by atoms with Gasteiger partial charge in [0.2, 0.25) is 0 Å². The van der Waals surface area contributed by atoms with E-state index in [1.165, 1.54) is 0 Å². The van der Waals surface area contributed by atoms with Crippen molar-refractivity contribution in [3.05, 3.63) is 34.1 Å². The molecule has 0 radical (unpaired) electrons. The zero-order valence-electron chi connectivity index (χ0n) is 11.0. The van der Waals surface area contributed by atoms with Crippen molar-refractivity contribution in [2.45, 2.75) is 13.8 Å². The highest BCUT2D eigenvalue weighted by Crippen LogP contribution is 2.30. The first-order chi connectivity index (χ1) is 9.01. The molecule has 0 bridgehead atoms. The summed E-state index contributed by atoms with van der Waals surface area (Å²) in [4.78, 5) is 8.47. The van der Waals surface area contributed by atoms with Crippen molar-refractivity contribution in [3.63, 3.8) is 0 Å². The van der Waals surface area contributed by atoms with E-state index in [0.717, 1.165) is 21.5 Å². The summed E-state index contributed by atoms with van der Waals surface area (Å²) in [7, 11) is 1.63. The molecule has 5 nitrogen and oxygen atoms in total. The van der Waals surface area contributed by atoms with Gasteiger partial charge in [0.1, 0.15) is 23.2 Å². The van der Waals surface area contributed by atoms with E-state index in [1.54, 1.807) is 7.11 Å². The van der Waals surface area contributed by atoms with E-state index >= 15 is 0 Å². The van der Waals surface area contributed by atoms with Gasteiger partial charge in [0.25, 0.3) is 0 Å². The molecule has 2 aromatic rings. The first-order valence-corrected chi connectivity index (χ1v) is 6.52. The van der Waals surface area contributed by atoms with Gasteiger partial charge in [-0.1, -0.05) is 0 Å². The largest absolute Gasteiger partial charge is 0.496 e. The van der Waals surface area contributed by atoms with Gasteiger partial charge in [-0.15, -0.1) is 0 Å². The first-order valence-electron chi connectivity index (χ1n) is 5.72. The molecule has 0 aliphatic heterocycles. The molecule has 0 amide bonds. The Kier molecular flexibility index (Phi) is 3.90. The van der Waals surface area contributed by atoms with Crippen molar-refractivity contribution in [2.24, 2.45) is 0 Å². The number of halogens is 1. The summed E-state index contributed by atoms with van der Waals surface area (Å²) in [6.07, 6.45) is 0. The van der Waals surface area contributed by atoms with Crippen LogP contribution in [0, 0.1) is 13.8 Å². The van der Waals surface area contributed by atoms with E-state index < -0.39 is 0 Å². The van der Waals surface area contributed by atoms with Crippen molar-refractivity contribution >= 4 is 33.3 Å². The third-order valence-corrected chi connectivity index (χ3v) is 3.33. The van der Waals surface area contributed by atoms with Crippen LogP contribution in [0.2, 0.25) is 0 Å². The van der Waals surface area contributed by atoms with Crippen LogP contribution in [0.1, 0.15) is 11.4 Å². The third kappa shape index (κ3) is 2.96. The van der Waals surface area contributed by atoms with Gasteiger partial charge in [-0.2, -0.15) is 0 Å². The number of benzene rings is 1. The van der Waals surface area contributed by atoms with Gasteiger partial charge in [0.15, 0.2) is 0 Å². The van der Waals surface area contributed by atoms with Crippen LogP contribution in [0.3, 0.4) is 0 Å². The highest BCUT2D eigenvalue weighted by atomic mass is 79.9. The second kappa shape index (κ2) is 5.44. The SMILES string of the molecule is COc1ccc(Nc2nc(C)nc(N)c2C)cc1Br. The molecule has 0 saturated carbocycles. The lowest BCUT2D eigenvalue weighted by atomic mass is 10.2. The number of rotatable bonds is 3. The number of hydrogen-bond acceptors (Lipinski definition) is 5. The highest BCUT2D eigenvalue weighted by Gasteiger charge is 2.08. The maximum Gasteiger partial charge on any atom is 0.139 e. The van der Waals surface area contributed by atoms with Gasteiger partial charge >= 0.3 is 0 Å². The molecule has 19 heavy (non-hydrogen) atoms. The molecule has 0 unspecified atom stereocenters. The van der Waals surface area contributed by atoms with Crippen LogP contribution in [-0.2, 0) is 0 Å². The molecular weight excluding hydrogens is 308 g/mol. The Labute approximate surface area is 120 Å². The van der Waals surface area contributed by atoms with Crippen molar-refractivity contribution in [1.82, 2.24) is 9.97 Å². The zero-order chi connectivity index (χ0) is 14.0. The van der Waals surface area contributed by atoms with Gasteiger partial charge < -0.3 is 15.8 Å². The van der Waals surface area contributed by atoms with Crippen molar-refractivity contribution in [1.29, 1.82) is 0 Å². The number of nitrogens with one attached hydrogen (secondary N) is 1. The molecule has 6 heteroatoms. The van der Waals surface area contributed by atoms with Crippen molar-refractivity contribution in [2.75, 3.05) is 18.2 Å². The summed E-state index contributed by atoms with van der Waals surface area (Å²) in [6, 6.07) is 5.71. The number of hydrogen-bond donors (Lipinski definition) is 2. The fraction of sp³-hybridized carbons (Fsp3) is 0.231. The Hall–Kier alpha value is -1.82. The highest BCUT2D eigenvalue weighted by molar-refractivity contribution is 9.10. The molecule has 0 spiro atoms. The maximum absolute atomic E-state index is 5.83. The van der Waals surface area contributed by atoms with Gasteiger partial charge in [0.05, 0.1) is 11.6 Å². The van der Waals surface area contributed by atoms with E-state index in [1.807, 2.05) is 32.0 Å². The smallest absolute Gasteiger partial charge is 0.139 e. The van der Waals surface area contributed by atoms with Gasteiger partial charge in [-0.3, -0.25) is 0 Å². The molecule has 3 N–H and O–H groups in total. The van der Waals surface area contributed by atoms with Crippen LogP contribution in [-0.4, -0.2) is 17.1 Å². The Morgan fingerprint density at radius 3 is 2.63 bits per heavy atom. The summed E-state index contributed by atoms with van der Waals surface area (Å²) >= 11 is 3.45. The fourth-order valence-corrected chi connectivity index (χ4v) is 2.19. The minimum absolute atomic E-state index is 0.488. The summed E-state index contributed by atoms with van der Waals surface area (Å²) in [6.45, 7) is 3.70. The van der Waals surface area contributed by atoms with E-state index in [9.17, 15) is 0 Å². The monoisotopic (exact) mass is 322 g/mol. The van der Waals surface area contributed by atoms with E-state index in [2.05, 4.69) is 31.2 Å². The topological polar surface area (TPSA) is 73.1 Å². The summed E-state index contributed by atoms with van der Waals surface area (Å²) in [5.41, 5.74) is 7.56. The molecule has 0 aliphatic carbocycles. The average molecular weight is 323 g/mol. The van der Waals surface area contributed by atoms with Crippen LogP contribution in [0.5, 0.6) is 5.75 Å². The number of nitrogens with zero attached hydrogens (tertiary/aromatic N) is 2. The lowest BCUT2D eigenvalue weighted by Crippen LogP contribution is -2.04. The van der Waals surface area contributed by atoms with Crippen LogP contribution < -0.4 is 15.8 Å². The number of anilines is 3. The van der Waals surface area contributed by atoms with Crippen molar-refractivity contribution in [3.8, 4) is 5.75 Å².